The first-order chi connectivity index (χ1) is 9.08. The molecule has 0 bridgehead atoms. The van der Waals surface area contributed by atoms with E-state index in [-0.39, 0.29) is 6.79 Å². The largest absolute Gasteiger partial charge is 0.493 e. The summed E-state index contributed by atoms with van der Waals surface area (Å²) < 4.78 is 15.7. The van der Waals surface area contributed by atoms with Crippen molar-refractivity contribution in [2.75, 3.05) is 20.5 Å². The maximum Gasteiger partial charge on any atom is 0.328 e. The van der Waals surface area contributed by atoms with E-state index in [0.29, 0.717) is 28.7 Å². The van der Waals surface area contributed by atoms with Gasteiger partial charge in [0.15, 0.2) is 18.3 Å². The molecule has 19 heavy (non-hydrogen) atoms. The molecular formula is C13H15ClO5. The molecule has 1 aromatic carbocycles. The molecule has 0 saturated heterocycles. The number of methoxy groups -OCH3 is 1. The normalized spacial score (nSPS) is 10.7. The number of rotatable bonds is 7. The van der Waals surface area contributed by atoms with Gasteiger partial charge in [-0.1, -0.05) is 11.6 Å². The van der Waals surface area contributed by atoms with Crippen molar-refractivity contribution in [3.63, 3.8) is 0 Å². The number of ether oxygens (including phenoxy) is 3. The number of carboxylic acids is 1. The molecule has 1 rings (SSSR count). The van der Waals surface area contributed by atoms with Gasteiger partial charge in [0.05, 0.1) is 7.11 Å². The molecule has 0 aliphatic heterocycles. The van der Waals surface area contributed by atoms with Gasteiger partial charge >= 0.3 is 5.97 Å². The Kier molecular flexibility index (Phi) is 6.18. The van der Waals surface area contributed by atoms with Gasteiger partial charge in [0, 0.05) is 29.3 Å². The highest BCUT2D eigenvalue weighted by Crippen LogP contribution is 2.35. The Hall–Kier alpha value is -1.72. The summed E-state index contributed by atoms with van der Waals surface area (Å²) in [6.07, 6.45) is 2.39. The summed E-state index contributed by atoms with van der Waals surface area (Å²) >= 11 is 5.93. The number of hydrogen-bond acceptors (Lipinski definition) is 4. The number of aliphatic carboxylic acids is 1. The number of halogens is 1. The van der Waals surface area contributed by atoms with Gasteiger partial charge in [0.2, 0.25) is 0 Å². The summed E-state index contributed by atoms with van der Waals surface area (Å²) in [5, 5.41) is 9.08. The quantitative estimate of drug-likeness (QED) is 0.474. The number of benzene rings is 1. The van der Waals surface area contributed by atoms with Gasteiger partial charge in [0.25, 0.3) is 0 Å². The lowest BCUT2D eigenvalue weighted by Crippen LogP contribution is -2.04. The van der Waals surface area contributed by atoms with Crippen LogP contribution in [0.25, 0.3) is 6.08 Å². The lowest BCUT2D eigenvalue weighted by molar-refractivity contribution is -0.131. The summed E-state index contributed by atoms with van der Waals surface area (Å²) in [5.41, 5.74) is 0.506. The van der Waals surface area contributed by atoms with E-state index in [1.807, 2.05) is 6.92 Å². The molecule has 0 spiro atoms. The summed E-state index contributed by atoms with van der Waals surface area (Å²) in [6.45, 7) is 2.40. The molecule has 0 aromatic heterocycles. The second kappa shape index (κ2) is 7.66. The van der Waals surface area contributed by atoms with E-state index in [4.69, 9.17) is 30.9 Å². The highest BCUT2D eigenvalue weighted by Gasteiger charge is 2.11. The van der Waals surface area contributed by atoms with Crippen LogP contribution in [0, 0.1) is 0 Å². The van der Waals surface area contributed by atoms with Gasteiger partial charge in [0.1, 0.15) is 0 Å². The first kappa shape index (κ1) is 15.3. The Balaban J connectivity index is 3.09. The standard InChI is InChI=1S/C13H15ClO5/c1-3-18-8-19-13-9(4-5-12(15)16)6-10(14)7-11(13)17-2/h4-7H,3,8H2,1-2H3,(H,15,16)/b5-4+. The van der Waals surface area contributed by atoms with Crippen molar-refractivity contribution in [2.24, 2.45) is 0 Å². The molecule has 5 nitrogen and oxygen atoms in total. The molecule has 0 unspecified atom stereocenters. The molecule has 0 fully saturated rings. The lowest BCUT2D eigenvalue weighted by Gasteiger charge is -2.13. The van der Waals surface area contributed by atoms with E-state index in [2.05, 4.69) is 0 Å². The summed E-state index contributed by atoms with van der Waals surface area (Å²) in [6, 6.07) is 3.17. The van der Waals surface area contributed by atoms with Crippen molar-refractivity contribution in [1.29, 1.82) is 0 Å². The predicted octanol–water partition coefficient (Wildman–Crippen LogP) is 2.82. The van der Waals surface area contributed by atoms with Crippen molar-refractivity contribution in [3.05, 3.63) is 28.8 Å². The molecule has 104 valence electrons. The Labute approximate surface area is 116 Å². The van der Waals surface area contributed by atoms with Gasteiger partial charge in [-0.15, -0.1) is 0 Å². The molecule has 0 amide bonds. The molecule has 0 heterocycles. The second-order valence-corrected chi connectivity index (χ2v) is 3.89. The molecule has 1 aromatic rings. The summed E-state index contributed by atoms with van der Waals surface area (Å²) in [7, 11) is 1.48. The highest BCUT2D eigenvalue weighted by atomic mass is 35.5. The van der Waals surface area contributed by atoms with Crippen molar-refractivity contribution in [1.82, 2.24) is 0 Å². The Morgan fingerprint density at radius 1 is 1.47 bits per heavy atom. The highest BCUT2D eigenvalue weighted by molar-refractivity contribution is 6.31. The van der Waals surface area contributed by atoms with Gasteiger partial charge < -0.3 is 19.3 Å². The zero-order chi connectivity index (χ0) is 14.3. The first-order valence-corrected chi connectivity index (χ1v) is 5.95. The van der Waals surface area contributed by atoms with Crippen LogP contribution in [-0.4, -0.2) is 31.6 Å². The predicted molar refractivity (Wildman–Crippen MR) is 71.8 cm³/mol. The van der Waals surface area contributed by atoms with Crippen LogP contribution in [0.3, 0.4) is 0 Å². The van der Waals surface area contributed by atoms with Crippen LogP contribution in [0.2, 0.25) is 5.02 Å². The van der Waals surface area contributed by atoms with Crippen LogP contribution in [0.5, 0.6) is 11.5 Å². The lowest BCUT2D eigenvalue weighted by atomic mass is 10.1. The molecule has 1 N–H and O–H groups in total. The van der Waals surface area contributed by atoms with E-state index in [0.717, 1.165) is 6.08 Å². The molecule has 0 saturated carbocycles. The van der Waals surface area contributed by atoms with Crippen molar-refractivity contribution in [2.45, 2.75) is 6.92 Å². The van der Waals surface area contributed by atoms with Gasteiger partial charge in [-0.25, -0.2) is 4.79 Å². The Bertz CT molecular complexity index is 470. The minimum Gasteiger partial charge on any atom is -0.493 e. The van der Waals surface area contributed by atoms with E-state index >= 15 is 0 Å². The van der Waals surface area contributed by atoms with E-state index in [1.165, 1.54) is 13.2 Å². The second-order valence-electron chi connectivity index (χ2n) is 3.45. The van der Waals surface area contributed by atoms with Gasteiger partial charge in [-0.3, -0.25) is 0 Å². The summed E-state index contributed by atoms with van der Waals surface area (Å²) in [4.78, 5) is 10.6. The fraction of sp³-hybridized carbons (Fsp3) is 0.308. The van der Waals surface area contributed by atoms with Crippen LogP contribution in [0.1, 0.15) is 12.5 Å². The van der Waals surface area contributed by atoms with E-state index in [9.17, 15) is 4.79 Å². The third-order valence-corrected chi connectivity index (χ3v) is 2.38. The maximum absolute atomic E-state index is 10.6. The van der Waals surface area contributed by atoms with Crippen LogP contribution in [0.4, 0.5) is 0 Å². The number of carboxylic acid groups (broad SMARTS) is 1. The van der Waals surface area contributed by atoms with Crippen LogP contribution >= 0.6 is 11.6 Å². The maximum atomic E-state index is 10.6. The molecule has 0 atom stereocenters. The molecule has 6 heteroatoms. The fourth-order valence-electron chi connectivity index (χ4n) is 1.36. The number of hydrogen-bond donors (Lipinski definition) is 1. The molecule has 0 radical (unpaired) electrons. The van der Waals surface area contributed by atoms with Gasteiger partial charge in [-0.05, 0) is 19.1 Å². The average Bonchev–Trinajstić information content (AvgIpc) is 2.37. The smallest absolute Gasteiger partial charge is 0.328 e. The topological polar surface area (TPSA) is 65.0 Å². The third kappa shape index (κ3) is 4.81. The minimum atomic E-state index is -1.06. The molecular weight excluding hydrogens is 272 g/mol. The van der Waals surface area contributed by atoms with Gasteiger partial charge in [-0.2, -0.15) is 0 Å². The Morgan fingerprint density at radius 3 is 2.79 bits per heavy atom. The van der Waals surface area contributed by atoms with Crippen molar-refractivity contribution >= 4 is 23.6 Å². The van der Waals surface area contributed by atoms with Crippen molar-refractivity contribution in [3.8, 4) is 11.5 Å². The zero-order valence-corrected chi connectivity index (χ0v) is 11.4. The van der Waals surface area contributed by atoms with Crippen LogP contribution < -0.4 is 9.47 Å². The monoisotopic (exact) mass is 286 g/mol. The number of carbonyl (C=O) groups is 1. The molecule has 0 aliphatic carbocycles. The Morgan fingerprint density at radius 2 is 2.21 bits per heavy atom. The van der Waals surface area contributed by atoms with E-state index < -0.39 is 5.97 Å². The first-order valence-electron chi connectivity index (χ1n) is 5.57. The average molecular weight is 287 g/mol. The third-order valence-electron chi connectivity index (χ3n) is 2.16. The van der Waals surface area contributed by atoms with Crippen molar-refractivity contribution < 1.29 is 24.1 Å². The van der Waals surface area contributed by atoms with Crippen LogP contribution in [-0.2, 0) is 9.53 Å². The summed E-state index contributed by atoms with van der Waals surface area (Å²) in [5.74, 6) is -0.259. The fourth-order valence-corrected chi connectivity index (χ4v) is 1.58. The minimum absolute atomic E-state index is 0.0441. The van der Waals surface area contributed by atoms with E-state index in [1.54, 1.807) is 12.1 Å². The molecule has 0 aliphatic rings. The van der Waals surface area contributed by atoms with Crippen LogP contribution in [0.15, 0.2) is 18.2 Å². The zero-order valence-electron chi connectivity index (χ0n) is 10.7. The SMILES string of the molecule is CCOCOc1c(/C=C/C(=O)O)cc(Cl)cc1OC.